The predicted octanol–water partition coefficient (Wildman–Crippen LogP) is 2.92. The third kappa shape index (κ3) is 0.941. The normalized spacial score (nSPS) is 33.7. The van der Waals surface area contributed by atoms with Gasteiger partial charge in [-0.2, -0.15) is 0 Å². The molecule has 1 heterocycles. The SMILES string of the molecule is CC1CC12CCNc1ccc(F)cc12. The number of halogens is 1. The maximum absolute atomic E-state index is 13.2. The summed E-state index contributed by atoms with van der Waals surface area (Å²) < 4.78 is 13.2. The van der Waals surface area contributed by atoms with Crippen LogP contribution in [0.3, 0.4) is 0 Å². The quantitative estimate of drug-likeness (QED) is 0.664. The summed E-state index contributed by atoms with van der Waals surface area (Å²) in [6.45, 7) is 3.29. The summed E-state index contributed by atoms with van der Waals surface area (Å²) in [7, 11) is 0. The second-order valence-electron chi connectivity index (χ2n) is 4.63. The van der Waals surface area contributed by atoms with Crippen molar-refractivity contribution in [2.24, 2.45) is 5.92 Å². The van der Waals surface area contributed by atoms with Gasteiger partial charge in [-0.15, -0.1) is 0 Å². The number of rotatable bonds is 0. The zero-order valence-electron chi connectivity index (χ0n) is 8.31. The highest BCUT2D eigenvalue weighted by Crippen LogP contribution is 2.59. The van der Waals surface area contributed by atoms with Crippen LogP contribution in [0.1, 0.15) is 25.3 Å². The lowest BCUT2D eigenvalue weighted by atomic mass is 9.86. The third-order valence-electron chi connectivity index (χ3n) is 3.86. The summed E-state index contributed by atoms with van der Waals surface area (Å²) in [6.07, 6.45) is 2.38. The van der Waals surface area contributed by atoms with Crippen LogP contribution in [0.15, 0.2) is 18.2 Å². The summed E-state index contributed by atoms with van der Waals surface area (Å²) in [5.74, 6) is 0.621. The van der Waals surface area contributed by atoms with Gasteiger partial charge in [-0.05, 0) is 42.5 Å². The molecular formula is C12H14FN. The van der Waals surface area contributed by atoms with Gasteiger partial charge in [0, 0.05) is 17.6 Å². The summed E-state index contributed by atoms with van der Waals surface area (Å²) in [6, 6.07) is 5.12. The molecule has 1 aromatic carbocycles. The highest BCUT2D eigenvalue weighted by atomic mass is 19.1. The minimum Gasteiger partial charge on any atom is -0.385 e. The van der Waals surface area contributed by atoms with E-state index in [0.29, 0.717) is 5.41 Å². The summed E-state index contributed by atoms with van der Waals surface area (Å²) in [4.78, 5) is 0. The van der Waals surface area contributed by atoms with Gasteiger partial charge in [0.1, 0.15) is 5.82 Å². The van der Waals surface area contributed by atoms with E-state index in [4.69, 9.17) is 0 Å². The lowest BCUT2D eigenvalue weighted by Crippen LogP contribution is -2.23. The monoisotopic (exact) mass is 191 g/mol. The van der Waals surface area contributed by atoms with Crippen molar-refractivity contribution in [1.82, 2.24) is 0 Å². The highest BCUT2D eigenvalue weighted by molar-refractivity contribution is 5.59. The Balaban J connectivity index is 2.14. The molecule has 0 saturated heterocycles. The molecule has 1 spiro atoms. The smallest absolute Gasteiger partial charge is 0.123 e. The average molecular weight is 191 g/mol. The van der Waals surface area contributed by atoms with Gasteiger partial charge in [0.2, 0.25) is 0 Å². The second kappa shape index (κ2) is 2.50. The van der Waals surface area contributed by atoms with Crippen LogP contribution in [0, 0.1) is 11.7 Å². The number of nitrogens with one attached hydrogen (secondary N) is 1. The van der Waals surface area contributed by atoms with Crippen molar-refractivity contribution in [2.45, 2.75) is 25.2 Å². The van der Waals surface area contributed by atoms with Crippen LogP contribution in [0.2, 0.25) is 0 Å². The van der Waals surface area contributed by atoms with Gasteiger partial charge in [-0.1, -0.05) is 6.92 Å². The molecule has 1 nitrogen and oxygen atoms in total. The number of hydrogen-bond acceptors (Lipinski definition) is 1. The molecule has 74 valence electrons. The van der Waals surface area contributed by atoms with Crippen molar-refractivity contribution in [2.75, 3.05) is 11.9 Å². The van der Waals surface area contributed by atoms with Gasteiger partial charge < -0.3 is 5.32 Å². The van der Waals surface area contributed by atoms with Crippen molar-refractivity contribution in [3.8, 4) is 0 Å². The van der Waals surface area contributed by atoms with E-state index in [1.807, 2.05) is 6.07 Å². The van der Waals surface area contributed by atoms with Crippen molar-refractivity contribution in [3.05, 3.63) is 29.6 Å². The first-order valence-electron chi connectivity index (χ1n) is 5.26. The molecule has 1 aromatic rings. The van der Waals surface area contributed by atoms with E-state index in [9.17, 15) is 4.39 Å². The van der Waals surface area contributed by atoms with Crippen LogP contribution in [0.4, 0.5) is 10.1 Å². The molecule has 2 atom stereocenters. The van der Waals surface area contributed by atoms with E-state index in [1.54, 1.807) is 6.07 Å². The topological polar surface area (TPSA) is 12.0 Å². The Morgan fingerprint density at radius 2 is 2.29 bits per heavy atom. The van der Waals surface area contributed by atoms with Crippen LogP contribution >= 0.6 is 0 Å². The van der Waals surface area contributed by atoms with Crippen molar-refractivity contribution < 1.29 is 4.39 Å². The van der Waals surface area contributed by atoms with Crippen molar-refractivity contribution in [1.29, 1.82) is 0 Å². The van der Waals surface area contributed by atoms with E-state index in [-0.39, 0.29) is 5.82 Å². The summed E-state index contributed by atoms with van der Waals surface area (Å²) >= 11 is 0. The van der Waals surface area contributed by atoms with Crippen LogP contribution in [0.5, 0.6) is 0 Å². The number of anilines is 1. The van der Waals surface area contributed by atoms with Gasteiger partial charge in [-0.25, -0.2) is 4.39 Å². The molecule has 2 aliphatic rings. The molecule has 0 amide bonds. The number of fused-ring (bicyclic) bond motifs is 2. The maximum Gasteiger partial charge on any atom is 0.123 e. The van der Waals surface area contributed by atoms with Gasteiger partial charge in [-0.3, -0.25) is 0 Å². The van der Waals surface area contributed by atoms with E-state index in [1.165, 1.54) is 18.1 Å². The van der Waals surface area contributed by atoms with Crippen LogP contribution < -0.4 is 5.32 Å². The van der Waals surface area contributed by atoms with E-state index < -0.39 is 0 Å². The molecule has 0 aromatic heterocycles. The molecule has 1 fully saturated rings. The molecule has 1 N–H and O–H groups in total. The average Bonchev–Trinajstić information content (AvgIpc) is 2.80. The Kier molecular flexibility index (Phi) is 1.48. The lowest BCUT2D eigenvalue weighted by molar-refractivity contribution is 0.561. The Hall–Kier alpha value is -1.05. The Labute approximate surface area is 83.3 Å². The molecule has 2 unspecified atom stereocenters. The first kappa shape index (κ1) is 8.27. The zero-order chi connectivity index (χ0) is 9.76. The molecular weight excluding hydrogens is 177 g/mol. The first-order valence-corrected chi connectivity index (χ1v) is 5.26. The fourth-order valence-corrected chi connectivity index (χ4v) is 2.85. The standard InChI is InChI=1S/C12H14FN/c1-8-7-12(8)4-5-14-11-3-2-9(13)6-10(11)12/h2-3,6,8,14H,4-5,7H2,1H3. The minimum atomic E-state index is -0.106. The molecule has 1 aliphatic carbocycles. The molecule has 1 saturated carbocycles. The van der Waals surface area contributed by atoms with Gasteiger partial charge in [0.25, 0.3) is 0 Å². The third-order valence-corrected chi connectivity index (χ3v) is 3.86. The fraction of sp³-hybridized carbons (Fsp3) is 0.500. The Bertz CT molecular complexity index is 388. The van der Waals surface area contributed by atoms with Crippen LogP contribution in [0.25, 0.3) is 0 Å². The van der Waals surface area contributed by atoms with Crippen LogP contribution in [-0.2, 0) is 5.41 Å². The fourth-order valence-electron chi connectivity index (χ4n) is 2.85. The predicted molar refractivity (Wildman–Crippen MR) is 55.0 cm³/mol. The first-order chi connectivity index (χ1) is 6.72. The number of hydrogen-bond donors (Lipinski definition) is 1. The van der Waals surface area contributed by atoms with Crippen molar-refractivity contribution in [3.63, 3.8) is 0 Å². The van der Waals surface area contributed by atoms with E-state index in [2.05, 4.69) is 12.2 Å². The molecule has 1 aliphatic heterocycles. The van der Waals surface area contributed by atoms with E-state index >= 15 is 0 Å². The summed E-state index contributed by atoms with van der Waals surface area (Å²) in [5.41, 5.74) is 2.65. The largest absolute Gasteiger partial charge is 0.385 e. The van der Waals surface area contributed by atoms with Gasteiger partial charge in [0.15, 0.2) is 0 Å². The summed E-state index contributed by atoms with van der Waals surface area (Å²) in [5, 5.41) is 3.34. The van der Waals surface area contributed by atoms with Crippen molar-refractivity contribution >= 4 is 5.69 Å². The highest BCUT2D eigenvalue weighted by Gasteiger charge is 2.54. The Morgan fingerprint density at radius 3 is 3.00 bits per heavy atom. The van der Waals surface area contributed by atoms with Crippen LogP contribution in [-0.4, -0.2) is 6.54 Å². The maximum atomic E-state index is 13.2. The van der Waals surface area contributed by atoms with Gasteiger partial charge >= 0.3 is 0 Å². The molecule has 3 rings (SSSR count). The molecule has 0 bridgehead atoms. The van der Waals surface area contributed by atoms with Gasteiger partial charge in [0.05, 0.1) is 0 Å². The lowest BCUT2D eigenvalue weighted by Gasteiger charge is -2.27. The number of benzene rings is 1. The zero-order valence-corrected chi connectivity index (χ0v) is 8.31. The minimum absolute atomic E-state index is 0.106. The van der Waals surface area contributed by atoms with E-state index in [0.717, 1.165) is 24.6 Å². The Morgan fingerprint density at radius 1 is 1.50 bits per heavy atom. The molecule has 0 radical (unpaired) electrons. The molecule has 14 heavy (non-hydrogen) atoms. The molecule has 2 heteroatoms. The second-order valence-corrected chi connectivity index (χ2v) is 4.63.